The topological polar surface area (TPSA) is 12.9 Å². The van der Waals surface area contributed by atoms with Gasteiger partial charge >= 0.3 is 0 Å². The second-order valence-electron chi connectivity index (χ2n) is 6.01. The van der Waals surface area contributed by atoms with Gasteiger partial charge < -0.3 is 0 Å². The fourth-order valence-electron chi connectivity index (χ4n) is 2.92. The summed E-state index contributed by atoms with van der Waals surface area (Å²) in [7, 11) is 0. The van der Waals surface area contributed by atoms with Crippen LogP contribution in [-0.4, -0.2) is 4.98 Å². The molecule has 0 saturated carbocycles. The molecule has 0 amide bonds. The summed E-state index contributed by atoms with van der Waals surface area (Å²) in [4.78, 5) is 4.94. The van der Waals surface area contributed by atoms with E-state index in [9.17, 15) is 0 Å². The fourth-order valence-corrected chi connectivity index (χ4v) is 3.72. The Bertz CT molecular complexity index is 995. The van der Waals surface area contributed by atoms with Crippen LogP contribution in [0.25, 0.3) is 33.6 Å². The van der Waals surface area contributed by atoms with Gasteiger partial charge in [0.25, 0.3) is 0 Å². The van der Waals surface area contributed by atoms with Crippen molar-refractivity contribution in [2.45, 2.75) is 0 Å². The van der Waals surface area contributed by atoms with Crippen LogP contribution >= 0.6 is 31.9 Å². The third kappa shape index (κ3) is 3.79. The average Bonchev–Trinajstić information content (AvgIpc) is 2.68. The molecule has 0 bridgehead atoms. The van der Waals surface area contributed by atoms with Crippen molar-refractivity contribution in [1.29, 1.82) is 0 Å². The Morgan fingerprint density at radius 3 is 1.46 bits per heavy atom. The Morgan fingerprint density at radius 1 is 0.462 bits per heavy atom. The number of aromatic nitrogens is 1. The van der Waals surface area contributed by atoms with Gasteiger partial charge in [-0.15, -0.1) is 0 Å². The summed E-state index contributed by atoms with van der Waals surface area (Å²) in [5, 5.41) is 0. The highest BCUT2D eigenvalue weighted by molar-refractivity contribution is 9.10. The molecule has 1 heterocycles. The van der Waals surface area contributed by atoms with Gasteiger partial charge in [-0.1, -0.05) is 86.5 Å². The summed E-state index contributed by atoms with van der Waals surface area (Å²) < 4.78 is 2.09. The van der Waals surface area contributed by atoms with Crippen molar-refractivity contribution in [2.75, 3.05) is 0 Å². The molecular weight excluding hydrogens is 450 g/mol. The number of hydrogen-bond acceptors (Lipinski definition) is 1. The minimum atomic E-state index is 0.961. The third-order valence-electron chi connectivity index (χ3n) is 4.17. The second kappa shape index (κ2) is 7.56. The smallest absolute Gasteiger partial charge is 0.0716 e. The molecular formula is C23H15Br2N. The predicted molar refractivity (Wildman–Crippen MR) is 116 cm³/mol. The number of benzene rings is 3. The van der Waals surface area contributed by atoms with E-state index < -0.39 is 0 Å². The standard InChI is InChI=1S/C23H15Br2N/c24-20-10-4-8-17(12-20)22-14-19(16-6-2-1-3-7-16)15-23(26-22)18-9-5-11-21(25)13-18/h1-15H. The zero-order chi connectivity index (χ0) is 17.9. The van der Waals surface area contributed by atoms with Gasteiger partial charge in [-0.2, -0.15) is 0 Å². The van der Waals surface area contributed by atoms with Crippen molar-refractivity contribution >= 4 is 31.9 Å². The van der Waals surface area contributed by atoms with E-state index in [0.717, 1.165) is 37.0 Å². The number of halogens is 2. The van der Waals surface area contributed by atoms with Crippen LogP contribution < -0.4 is 0 Å². The third-order valence-corrected chi connectivity index (χ3v) is 5.16. The molecule has 0 radical (unpaired) electrons. The van der Waals surface area contributed by atoms with Gasteiger partial charge in [0.2, 0.25) is 0 Å². The molecule has 3 heteroatoms. The first-order valence-electron chi connectivity index (χ1n) is 8.28. The second-order valence-corrected chi connectivity index (χ2v) is 7.84. The van der Waals surface area contributed by atoms with Crippen LogP contribution in [0.4, 0.5) is 0 Å². The zero-order valence-corrected chi connectivity index (χ0v) is 17.0. The van der Waals surface area contributed by atoms with Crippen molar-refractivity contribution < 1.29 is 0 Å². The molecule has 0 saturated heterocycles. The first-order chi connectivity index (χ1) is 12.7. The van der Waals surface area contributed by atoms with Gasteiger partial charge in [0, 0.05) is 20.1 Å². The van der Waals surface area contributed by atoms with Crippen LogP contribution in [0.1, 0.15) is 0 Å². The molecule has 1 nitrogen and oxygen atoms in total. The molecule has 0 spiro atoms. The average molecular weight is 465 g/mol. The zero-order valence-electron chi connectivity index (χ0n) is 13.9. The lowest BCUT2D eigenvalue weighted by molar-refractivity contribution is 1.32. The number of nitrogens with zero attached hydrogens (tertiary/aromatic N) is 1. The van der Waals surface area contributed by atoms with Gasteiger partial charge in [-0.25, -0.2) is 4.98 Å². The Balaban J connectivity index is 1.93. The van der Waals surface area contributed by atoms with Crippen molar-refractivity contribution in [3.8, 4) is 33.6 Å². The molecule has 126 valence electrons. The Kier molecular flexibility index (Phi) is 5.00. The van der Waals surface area contributed by atoms with Crippen LogP contribution in [0, 0.1) is 0 Å². The van der Waals surface area contributed by atoms with Crippen molar-refractivity contribution in [3.63, 3.8) is 0 Å². The van der Waals surface area contributed by atoms with Gasteiger partial charge in [0.05, 0.1) is 11.4 Å². The van der Waals surface area contributed by atoms with Crippen LogP contribution in [0.5, 0.6) is 0 Å². The van der Waals surface area contributed by atoms with Gasteiger partial charge in [0.1, 0.15) is 0 Å². The van der Waals surface area contributed by atoms with Crippen LogP contribution in [-0.2, 0) is 0 Å². The quantitative estimate of drug-likeness (QED) is 0.304. The highest BCUT2D eigenvalue weighted by Crippen LogP contribution is 2.31. The molecule has 0 N–H and O–H groups in total. The summed E-state index contributed by atoms with van der Waals surface area (Å²) >= 11 is 7.12. The lowest BCUT2D eigenvalue weighted by Crippen LogP contribution is -1.91. The Morgan fingerprint density at radius 2 is 0.962 bits per heavy atom. The van der Waals surface area contributed by atoms with E-state index in [1.165, 1.54) is 5.56 Å². The molecule has 26 heavy (non-hydrogen) atoms. The van der Waals surface area contributed by atoms with Crippen LogP contribution in [0.2, 0.25) is 0 Å². The van der Waals surface area contributed by atoms with Crippen molar-refractivity contribution in [1.82, 2.24) is 4.98 Å². The van der Waals surface area contributed by atoms with E-state index >= 15 is 0 Å². The normalized spacial score (nSPS) is 10.7. The minimum absolute atomic E-state index is 0.961. The molecule has 0 fully saturated rings. The molecule has 0 aliphatic carbocycles. The number of pyridine rings is 1. The van der Waals surface area contributed by atoms with E-state index in [2.05, 4.69) is 92.5 Å². The molecule has 4 aromatic rings. The van der Waals surface area contributed by atoms with E-state index in [4.69, 9.17) is 4.98 Å². The lowest BCUT2D eigenvalue weighted by Gasteiger charge is -2.11. The maximum atomic E-state index is 4.94. The summed E-state index contributed by atoms with van der Waals surface area (Å²) in [5.41, 5.74) is 6.44. The first-order valence-corrected chi connectivity index (χ1v) is 9.87. The van der Waals surface area contributed by atoms with Crippen molar-refractivity contribution in [2.24, 2.45) is 0 Å². The highest BCUT2D eigenvalue weighted by Gasteiger charge is 2.09. The lowest BCUT2D eigenvalue weighted by atomic mass is 10.00. The van der Waals surface area contributed by atoms with Crippen LogP contribution in [0.15, 0.2) is 99.9 Å². The fraction of sp³-hybridized carbons (Fsp3) is 0. The van der Waals surface area contributed by atoms with Gasteiger partial charge in [-0.05, 0) is 47.5 Å². The molecule has 3 aromatic carbocycles. The number of rotatable bonds is 3. The monoisotopic (exact) mass is 463 g/mol. The van der Waals surface area contributed by atoms with E-state index in [1.54, 1.807) is 0 Å². The molecule has 0 aliphatic heterocycles. The van der Waals surface area contributed by atoms with E-state index in [1.807, 2.05) is 30.3 Å². The molecule has 1 aromatic heterocycles. The summed E-state index contributed by atoms with van der Waals surface area (Å²) in [6, 6.07) is 31.2. The number of hydrogen-bond donors (Lipinski definition) is 0. The summed E-state index contributed by atoms with van der Waals surface area (Å²) in [6.45, 7) is 0. The van der Waals surface area contributed by atoms with E-state index in [0.29, 0.717) is 0 Å². The molecule has 4 rings (SSSR count). The largest absolute Gasteiger partial charge is 0.248 e. The van der Waals surface area contributed by atoms with Crippen molar-refractivity contribution in [3.05, 3.63) is 99.9 Å². The summed E-state index contributed by atoms with van der Waals surface area (Å²) in [5.74, 6) is 0. The molecule has 0 aliphatic rings. The molecule has 0 atom stereocenters. The van der Waals surface area contributed by atoms with E-state index in [-0.39, 0.29) is 0 Å². The maximum Gasteiger partial charge on any atom is 0.0716 e. The maximum absolute atomic E-state index is 4.94. The van der Waals surface area contributed by atoms with Crippen LogP contribution in [0.3, 0.4) is 0 Å². The Hall–Kier alpha value is -2.23. The first kappa shape index (κ1) is 17.2. The Labute approximate surface area is 170 Å². The SMILES string of the molecule is Brc1cccc(-c2cc(-c3ccccc3)cc(-c3cccc(Br)c3)n2)c1. The minimum Gasteiger partial charge on any atom is -0.248 e. The van der Waals surface area contributed by atoms with Gasteiger partial charge in [-0.3, -0.25) is 0 Å². The highest BCUT2D eigenvalue weighted by atomic mass is 79.9. The summed E-state index contributed by atoms with van der Waals surface area (Å²) in [6.07, 6.45) is 0. The van der Waals surface area contributed by atoms with Gasteiger partial charge in [0.15, 0.2) is 0 Å². The predicted octanol–water partition coefficient (Wildman–Crippen LogP) is 7.61. The molecule has 0 unspecified atom stereocenters.